The molecule has 0 aromatic heterocycles. The summed E-state index contributed by atoms with van der Waals surface area (Å²) < 4.78 is 5.24. The van der Waals surface area contributed by atoms with E-state index in [1.807, 2.05) is 69.3 Å². The van der Waals surface area contributed by atoms with E-state index in [0.717, 1.165) is 16.9 Å². The van der Waals surface area contributed by atoms with Crippen molar-refractivity contribution in [3.63, 3.8) is 0 Å². The number of nitrogen functional groups attached to an aromatic ring is 1. The molecule has 0 bridgehead atoms. The molecular formula is C18H23N3O2. The number of nitrogens with one attached hydrogen (secondary N) is 2. The Balaban J connectivity index is 1.97. The van der Waals surface area contributed by atoms with E-state index in [1.165, 1.54) is 0 Å². The van der Waals surface area contributed by atoms with Gasteiger partial charge in [-0.15, -0.1) is 0 Å². The van der Waals surface area contributed by atoms with Gasteiger partial charge >= 0.3 is 6.09 Å². The molecule has 1 amide bonds. The molecule has 2 aromatic rings. The highest BCUT2D eigenvalue weighted by Gasteiger charge is 2.16. The maximum Gasteiger partial charge on any atom is 0.412 e. The summed E-state index contributed by atoms with van der Waals surface area (Å²) in [4.78, 5) is 11.8. The minimum absolute atomic E-state index is 0.470. The van der Waals surface area contributed by atoms with Crippen LogP contribution < -0.4 is 16.4 Å². The van der Waals surface area contributed by atoms with Crippen molar-refractivity contribution in [1.82, 2.24) is 0 Å². The van der Waals surface area contributed by atoms with Crippen LogP contribution in [0.2, 0.25) is 0 Å². The first-order chi connectivity index (χ1) is 10.8. The van der Waals surface area contributed by atoms with Crippen molar-refractivity contribution in [1.29, 1.82) is 0 Å². The average Bonchev–Trinajstić information content (AvgIpc) is 2.45. The van der Waals surface area contributed by atoms with Crippen molar-refractivity contribution in [2.45, 2.75) is 32.9 Å². The van der Waals surface area contributed by atoms with Crippen molar-refractivity contribution >= 4 is 23.2 Å². The molecule has 2 aromatic carbocycles. The quantitative estimate of drug-likeness (QED) is 0.738. The van der Waals surface area contributed by atoms with Gasteiger partial charge in [0.2, 0.25) is 0 Å². The summed E-state index contributed by atoms with van der Waals surface area (Å²) in [5, 5.41) is 6.01. The highest BCUT2D eigenvalue weighted by atomic mass is 16.6. The van der Waals surface area contributed by atoms with Gasteiger partial charge < -0.3 is 15.8 Å². The van der Waals surface area contributed by atoms with Crippen LogP contribution in [0.25, 0.3) is 0 Å². The molecule has 5 nitrogen and oxygen atoms in total. The summed E-state index contributed by atoms with van der Waals surface area (Å²) in [7, 11) is 0. The summed E-state index contributed by atoms with van der Waals surface area (Å²) in [6, 6.07) is 15.2. The number of para-hydroxylation sites is 1. The predicted molar refractivity (Wildman–Crippen MR) is 94.5 cm³/mol. The second kappa shape index (κ2) is 7.05. The zero-order valence-corrected chi connectivity index (χ0v) is 13.7. The monoisotopic (exact) mass is 313 g/mol. The van der Waals surface area contributed by atoms with Gasteiger partial charge in [0.1, 0.15) is 5.60 Å². The number of benzene rings is 2. The number of carbonyl (C=O) groups is 1. The number of hydrogen-bond acceptors (Lipinski definition) is 4. The molecule has 0 spiro atoms. The lowest BCUT2D eigenvalue weighted by Crippen LogP contribution is -2.27. The van der Waals surface area contributed by atoms with Gasteiger partial charge in [-0.2, -0.15) is 0 Å². The number of nitrogens with two attached hydrogens (primary N) is 1. The minimum atomic E-state index is -0.523. The van der Waals surface area contributed by atoms with Crippen LogP contribution in [0.4, 0.5) is 21.9 Å². The van der Waals surface area contributed by atoms with E-state index >= 15 is 0 Å². The molecule has 122 valence electrons. The Bertz CT molecular complexity index is 678. The summed E-state index contributed by atoms with van der Waals surface area (Å²) in [6.07, 6.45) is -0.470. The Morgan fingerprint density at radius 2 is 1.78 bits per heavy atom. The molecule has 0 saturated heterocycles. The van der Waals surface area contributed by atoms with Crippen LogP contribution in [-0.2, 0) is 11.3 Å². The Morgan fingerprint density at radius 1 is 1.09 bits per heavy atom. The molecule has 0 aliphatic heterocycles. The van der Waals surface area contributed by atoms with Crippen LogP contribution in [0.5, 0.6) is 0 Å². The maximum absolute atomic E-state index is 11.8. The molecule has 0 heterocycles. The fraction of sp³-hybridized carbons (Fsp3) is 0.278. The molecule has 23 heavy (non-hydrogen) atoms. The van der Waals surface area contributed by atoms with Crippen LogP contribution in [0.3, 0.4) is 0 Å². The first kappa shape index (κ1) is 16.7. The summed E-state index contributed by atoms with van der Waals surface area (Å²) >= 11 is 0. The third kappa shape index (κ3) is 5.54. The van der Waals surface area contributed by atoms with E-state index in [4.69, 9.17) is 10.5 Å². The Kier molecular flexibility index (Phi) is 5.11. The number of anilines is 3. The highest BCUT2D eigenvalue weighted by Crippen LogP contribution is 2.18. The van der Waals surface area contributed by atoms with Gasteiger partial charge in [0.05, 0.1) is 0 Å². The smallest absolute Gasteiger partial charge is 0.412 e. The fourth-order valence-electron chi connectivity index (χ4n) is 2.02. The standard InChI is InChI=1S/C18H23N3O2/c1-18(2,3)23-17(22)21-15-9-6-8-14(11-15)20-12-13-7-4-5-10-16(13)19/h4-11,20H,12,19H2,1-3H3,(H,21,22). The number of ether oxygens (including phenoxy) is 1. The normalized spacial score (nSPS) is 10.9. The second-order valence-corrected chi connectivity index (χ2v) is 6.26. The average molecular weight is 313 g/mol. The minimum Gasteiger partial charge on any atom is -0.444 e. The van der Waals surface area contributed by atoms with E-state index in [1.54, 1.807) is 0 Å². The molecular weight excluding hydrogens is 290 g/mol. The maximum atomic E-state index is 11.8. The van der Waals surface area contributed by atoms with Gasteiger partial charge in [-0.25, -0.2) is 4.79 Å². The molecule has 0 unspecified atom stereocenters. The topological polar surface area (TPSA) is 76.4 Å². The van der Waals surface area contributed by atoms with Crippen molar-refractivity contribution in [3.05, 3.63) is 54.1 Å². The fourth-order valence-corrected chi connectivity index (χ4v) is 2.02. The molecule has 4 N–H and O–H groups in total. The van der Waals surface area contributed by atoms with Crippen molar-refractivity contribution in [3.8, 4) is 0 Å². The third-order valence-electron chi connectivity index (χ3n) is 3.05. The Hall–Kier alpha value is -2.69. The van der Waals surface area contributed by atoms with E-state index in [0.29, 0.717) is 12.2 Å². The third-order valence-corrected chi connectivity index (χ3v) is 3.05. The van der Waals surface area contributed by atoms with Crippen molar-refractivity contribution in [2.75, 3.05) is 16.4 Å². The van der Waals surface area contributed by atoms with Crippen LogP contribution in [0.1, 0.15) is 26.3 Å². The molecule has 0 fully saturated rings. The molecule has 0 atom stereocenters. The number of carbonyl (C=O) groups excluding carboxylic acids is 1. The zero-order chi connectivity index (χ0) is 16.9. The zero-order valence-electron chi connectivity index (χ0n) is 13.7. The Morgan fingerprint density at radius 3 is 2.48 bits per heavy atom. The van der Waals surface area contributed by atoms with Gasteiger partial charge in [0.25, 0.3) is 0 Å². The first-order valence-electron chi connectivity index (χ1n) is 7.51. The van der Waals surface area contributed by atoms with Crippen molar-refractivity contribution in [2.24, 2.45) is 0 Å². The number of hydrogen-bond donors (Lipinski definition) is 3. The van der Waals surface area contributed by atoms with Crippen LogP contribution in [-0.4, -0.2) is 11.7 Å². The largest absolute Gasteiger partial charge is 0.444 e. The first-order valence-corrected chi connectivity index (χ1v) is 7.51. The van der Waals surface area contributed by atoms with Crippen molar-refractivity contribution < 1.29 is 9.53 Å². The molecule has 0 radical (unpaired) electrons. The van der Waals surface area contributed by atoms with E-state index < -0.39 is 11.7 Å². The summed E-state index contributed by atoms with van der Waals surface area (Å²) in [6.45, 7) is 6.10. The van der Waals surface area contributed by atoms with Gasteiger partial charge in [-0.1, -0.05) is 24.3 Å². The van der Waals surface area contributed by atoms with E-state index in [9.17, 15) is 4.79 Å². The number of amides is 1. The molecule has 0 saturated carbocycles. The molecule has 0 aliphatic rings. The van der Waals surface area contributed by atoms with Gasteiger partial charge in [-0.05, 0) is 50.6 Å². The van der Waals surface area contributed by atoms with Crippen LogP contribution in [0, 0.1) is 0 Å². The predicted octanol–water partition coefficient (Wildman–Crippen LogP) is 4.23. The second-order valence-electron chi connectivity index (χ2n) is 6.26. The Labute approximate surface area is 136 Å². The lowest BCUT2D eigenvalue weighted by Gasteiger charge is -2.19. The van der Waals surface area contributed by atoms with Gasteiger partial charge in [0, 0.05) is 23.6 Å². The SMILES string of the molecule is CC(C)(C)OC(=O)Nc1cccc(NCc2ccccc2N)c1. The highest BCUT2D eigenvalue weighted by molar-refractivity contribution is 5.85. The van der Waals surface area contributed by atoms with Crippen LogP contribution >= 0.6 is 0 Å². The van der Waals surface area contributed by atoms with E-state index in [-0.39, 0.29) is 0 Å². The van der Waals surface area contributed by atoms with E-state index in [2.05, 4.69) is 10.6 Å². The molecule has 5 heteroatoms. The summed E-state index contributed by atoms with van der Waals surface area (Å²) in [5.41, 5.74) is 8.74. The lowest BCUT2D eigenvalue weighted by molar-refractivity contribution is 0.0636. The molecule has 2 rings (SSSR count). The van der Waals surface area contributed by atoms with Gasteiger partial charge in [0.15, 0.2) is 0 Å². The lowest BCUT2D eigenvalue weighted by atomic mass is 10.2. The summed E-state index contributed by atoms with van der Waals surface area (Å²) in [5.74, 6) is 0. The van der Waals surface area contributed by atoms with Crippen LogP contribution in [0.15, 0.2) is 48.5 Å². The molecule has 0 aliphatic carbocycles. The number of rotatable bonds is 4. The van der Waals surface area contributed by atoms with Gasteiger partial charge in [-0.3, -0.25) is 5.32 Å².